The largest absolute Gasteiger partial charge is 0.444 e. The summed E-state index contributed by atoms with van der Waals surface area (Å²) in [7, 11) is 0. The van der Waals surface area contributed by atoms with Crippen LogP contribution in [0.5, 0.6) is 0 Å². The molecule has 122 valence electrons. The van der Waals surface area contributed by atoms with Crippen molar-refractivity contribution in [1.29, 1.82) is 0 Å². The number of β-amino-alcohol motifs (C(OH)–C–C–N with tert-alkyl or cyclic N) is 1. The van der Waals surface area contributed by atoms with Crippen molar-refractivity contribution < 1.29 is 14.6 Å². The molecule has 1 fully saturated rings. The number of hydrogen-bond acceptors (Lipinski definition) is 4. The third-order valence-electron chi connectivity index (χ3n) is 3.70. The summed E-state index contributed by atoms with van der Waals surface area (Å²) in [5, 5.41) is 16.7. The molecular weight excluding hydrogens is 280 g/mol. The van der Waals surface area contributed by atoms with E-state index in [1.54, 1.807) is 0 Å². The second kappa shape index (κ2) is 6.67. The molecular formula is C17H26N2O3. The highest BCUT2D eigenvalue weighted by molar-refractivity contribution is 5.68. The molecule has 1 aliphatic rings. The number of aliphatic hydroxyl groups is 1. The van der Waals surface area contributed by atoms with Crippen LogP contribution in [0.15, 0.2) is 30.3 Å². The summed E-state index contributed by atoms with van der Waals surface area (Å²) in [6.07, 6.45) is 0.686. The number of amides is 1. The Balaban J connectivity index is 2.10. The van der Waals surface area contributed by atoms with Gasteiger partial charge in [-0.1, -0.05) is 30.3 Å². The van der Waals surface area contributed by atoms with E-state index >= 15 is 0 Å². The van der Waals surface area contributed by atoms with Gasteiger partial charge in [0.05, 0.1) is 11.6 Å². The van der Waals surface area contributed by atoms with Crippen LogP contribution in [-0.2, 0) is 4.74 Å². The first-order valence-corrected chi connectivity index (χ1v) is 7.75. The lowest BCUT2D eigenvalue weighted by atomic mass is 9.90. The molecule has 0 saturated carbocycles. The Morgan fingerprint density at radius 2 is 2.09 bits per heavy atom. The van der Waals surface area contributed by atoms with E-state index < -0.39 is 17.3 Å². The first-order valence-electron chi connectivity index (χ1n) is 7.75. The number of benzene rings is 1. The van der Waals surface area contributed by atoms with Crippen LogP contribution < -0.4 is 10.6 Å². The van der Waals surface area contributed by atoms with Gasteiger partial charge < -0.3 is 20.5 Å². The summed E-state index contributed by atoms with van der Waals surface area (Å²) in [5.41, 5.74) is -0.374. The van der Waals surface area contributed by atoms with Crippen LogP contribution in [0.1, 0.15) is 45.2 Å². The van der Waals surface area contributed by atoms with Gasteiger partial charge in [-0.3, -0.25) is 0 Å². The quantitative estimate of drug-likeness (QED) is 0.798. The molecule has 1 aromatic carbocycles. The Labute approximate surface area is 132 Å². The van der Waals surface area contributed by atoms with Gasteiger partial charge in [-0.05, 0) is 39.3 Å². The van der Waals surface area contributed by atoms with Crippen molar-refractivity contribution in [2.45, 2.75) is 50.9 Å². The standard InChI is InChI=1S/C17H26N2O3/c1-16(2,3)22-15(20)19-14(13-7-5-4-6-8-13)11-17(21)9-10-18-12-17/h4-8,14,18,21H,9-12H2,1-3H3,(H,19,20). The Kier molecular flexibility index (Phi) is 5.08. The van der Waals surface area contributed by atoms with E-state index in [1.165, 1.54) is 0 Å². The lowest BCUT2D eigenvalue weighted by Gasteiger charge is -2.29. The minimum atomic E-state index is -0.796. The third-order valence-corrected chi connectivity index (χ3v) is 3.70. The highest BCUT2D eigenvalue weighted by atomic mass is 16.6. The predicted molar refractivity (Wildman–Crippen MR) is 85.6 cm³/mol. The molecule has 1 aliphatic heterocycles. The maximum atomic E-state index is 12.1. The fourth-order valence-electron chi connectivity index (χ4n) is 2.67. The molecule has 22 heavy (non-hydrogen) atoms. The Morgan fingerprint density at radius 3 is 2.64 bits per heavy atom. The van der Waals surface area contributed by atoms with Crippen molar-refractivity contribution in [2.75, 3.05) is 13.1 Å². The van der Waals surface area contributed by atoms with E-state index in [1.807, 2.05) is 51.1 Å². The van der Waals surface area contributed by atoms with Crippen molar-refractivity contribution in [3.05, 3.63) is 35.9 Å². The summed E-state index contributed by atoms with van der Waals surface area (Å²) >= 11 is 0. The summed E-state index contributed by atoms with van der Waals surface area (Å²) in [4.78, 5) is 12.1. The van der Waals surface area contributed by atoms with Crippen LogP contribution >= 0.6 is 0 Å². The highest BCUT2D eigenvalue weighted by Crippen LogP contribution is 2.28. The number of nitrogens with one attached hydrogen (secondary N) is 2. The molecule has 1 amide bonds. The molecule has 1 heterocycles. The maximum Gasteiger partial charge on any atom is 0.408 e. The van der Waals surface area contributed by atoms with Crippen LogP contribution in [0.2, 0.25) is 0 Å². The zero-order valence-electron chi connectivity index (χ0n) is 13.6. The molecule has 3 N–H and O–H groups in total. The molecule has 0 aromatic heterocycles. The predicted octanol–water partition coefficient (Wildman–Crippen LogP) is 2.37. The normalized spacial score (nSPS) is 23.1. The fraction of sp³-hybridized carbons (Fsp3) is 0.588. The van der Waals surface area contributed by atoms with Crippen molar-refractivity contribution in [3.8, 4) is 0 Å². The average molecular weight is 306 g/mol. The number of alkyl carbamates (subject to hydrolysis) is 1. The molecule has 5 nitrogen and oxygen atoms in total. The van der Waals surface area contributed by atoms with Gasteiger partial charge in [0, 0.05) is 13.0 Å². The molecule has 2 rings (SSSR count). The smallest absolute Gasteiger partial charge is 0.408 e. The Hall–Kier alpha value is -1.59. The van der Waals surface area contributed by atoms with Crippen molar-refractivity contribution >= 4 is 6.09 Å². The highest BCUT2D eigenvalue weighted by Gasteiger charge is 2.35. The van der Waals surface area contributed by atoms with Gasteiger partial charge in [-0.2, -0.15) is 0 Å². The van der Waals surface area contributed by atoms with Gasteiger partial charge in [0.15, 0.2) is 0 Å². The minimum Gasteiger partial charge on any atom is -0.444 e. The molecule has 2 unspecified atom stereocenters. The molecule has 0 bridgehead atoms. The zero-order chi connectivity index (χ0) is 16.2. The molecule has 0 spiro atoms. The minimum absolute atomic E-state index is 0.277. The van der Waals surface area contributed by atoms with Gasteiger partial charge in [0.1, 0.15) is 5.60 Å². The second-order valence-corrected chi connectivity index (χ2v) is 6.96. The lowest BCUT2D eigenvalue weighted by molar-refractivity contribution is 0.0305. The van der Waals surface area contributed by atoms with Gasteiger partial charge in [-0.25, -0.2) is 4.79 Å². The molecule has 2 atom stereocenters. The SMILES string of the molecule is CC(C)(C)OC(=O)NC(CC1(O)CCNC1)c1ccccc1. The van der Waals surface area contributed by atoms with Crippen LogP contribution in [0.4, 0.5) is 4.79 Å². The number of carbonyl (C=O) groups is 1. The van der Waals surface area contributed by atoms with E-state index in [-0.39, 0.29) is 6.04 Å². The monoisotopic (exact) mass is 306 g/mol. The molecule has 1 saturated heterocycles. The van der Waals surface area contributed by atoms with Crippen LogP contribution in [0, 0.1) is 0 Å². The van der Waals surface area contributed by atoms with Crippen molar-refractivity contribution in [1.82, 2.24) is 10.6 Å². The van der Waals surface area contributed by atoms with Crippen molar-refractivity contribution in [2.24, 2.45) is 0 Å². The number of hydrogen-bond donors (Lipinski definition) is 3. The maximum absolute atomic E-state index is 12.1. The van der Waals surface area contributed by atoms with E-state index in [2.05, 4.69) is 10.6 Å². The van der Waals surface area contributed by atoms with Gasteiger partial charge in [-0.15, -0.1) is 0 Å². The van der Waals surface area contributed by atoms with E-state index in [0.29, 0.717) is 19.4 Å². The third kappa shape index (κ3) is 5.00. The van der Waals surface area contributed by atoms with E-state index in [4.69, 9.17) is 4.74 Å². The Morgan fingerprint density at radius 1 is 1.41 bits per heavy atom. The van der Waals surface area contributed by atoms with Gasteiger partial charge in [0.25, 0.3) is 0 Å². The van der Waals surface area contributed by atoms with Crippen LogP contribution in [0.25, 0.3) is 0 Å². The second-order valence-electron chi connectivity index (χ2n) is 6.96. The summed E-state index contributed by atoms with van der Waals surface area (Å²) in [6.45, 7) is 6.84. The summed E-state index contributed by atoms with van der Waals surface area (Å²) in [6, 6.07) is 9.41. The topological polar surface area (TPSA) is 70.6 Å². The zero-order valence-corrected chi connectivity index (χ0v) is 13.6. The molecule has 1 aromatic rings. The molecule has 0 aliphatic carbocycles. The number of carbonyl (C=O) groups excluding carboxylic acids is 1. The summed E-state index contributed by atoms with van der Waals surface area (Å²) < 4.78 is 5.34. The average Bonchev–Trinajstić information content (AvgIpc) is 2.83. The summed E-state index contributed by atoms with van der Waals surface area (Å²) in [5.74, 6) is 0. The lowest BCUT2D eigenvalue weighted by Crippen LogP contribution is -2.40. The van der Waals surface area contributed by atoms with E-state index in [9.17, 15) is 9.90 Å². The molecule has 0 radical (unpaired) electrons. The number of ether oxygens (including phenoxy) is 1. The number of rotatable bonds is 4. The van der Waals surface area contributed by atoms with Gasteiger partial charge in [0.2, 0.25) is 0 Å². The van der Waals surface area contributed by atoms with Crippen molar-refractivity contribution in [3.63, 3.8) is 0 Å². The van der Waals surface area contributed by atoms with Crippen LogP contribution in [-0.4, -0.2) is 35.5 Å². The molecule has 5 heteroatoms. The fourth-order valence-corrected chi connectivity index (χ4v) is 2.67. The first-order chi connectivity index (χ1) is 10.3. The van der Waals surface area contributed by atoms with E-state index in [0.717, 1.165) is 12.1 Å². The van der Waals surface area contributed by atoms with Crippen LogP contribution in [0.3, 0.4) is 0 Å². The first kappa shape index (κ1) is 16.8. The Bertz CT molecular complexity index is 490. The van der Waals surface area contributed by atoms with Gasteiger partial charge >= 0.3 is 6.09 Å².